The van der Waals surface area contributed by atoms with Crippen LogP contribution in [0.4, 0.5) is 27.8 Å². The van der Waals surface area contributed by atoms with Crippen molar-refractivity contribution in [2.24, 2.45) is 0 Å². The van der Waals surface area contributed by atoms with E-state index >= 15 is 0 Å². The smallest absolute Gasteiger partial charge is 0.378 e. The number of hydrogen-bond donors (Lipinski definition) is 3. The molecule has 17 heteroatoms. The molecule has 7 rings (SSSR count). The lowest BCUT2D eigenvalue weighted by Gasteiger charge is -2.50. The molecule has 2 bridgehead atoms. The van der Waals surface area contributed by atoms with Crippen LogP contribution in [0.15, 0.2) is 54.9 Å². The van der Waals surface area contributed by atoms with Crippen LogP contribution >= 0.6 is 0 Å². The average Bonchev–Trinajstić information content (AvgIpc) is 3.34. The summed E-state index contributed by atoms with van der Waals surface area (Å²) in [5, 5.41) is 8.02. The van der Waals surface area contributed by atoms with Gasteiger partial charge in [-0.3, -0.25) is 4.55 Å². The number of quaternary nitrogens is 1. The number of hydrogen-bond acceptors (Lipinski definition) is 12. The van der Waals surface area contributed by atoms with Crippen LogP contribution in [0.2, 0.25) is 0 Å². The molecular weight excluding hydrogens is 642 g/mol. The molecule has 16 nitrogen and oxygen atoms in total. The molecule has 4 atom stereocenters. The Bertz CT molecular complexity index is 1690. The number of nitrogens with one attached hydrogen (secondary N) is 2. The Hall–Kier alpha value is -3.81. The van der Waals surface area contributed by atoms with Crippen molar-refractivity contribution in [2.75, 3.05) is 81.7 Å². The van der Waals surface area contributed by atoms with E-state index in [2.05, 4.69) is 42.5 Å². The van der Waals surface area contributed by atoms with Gasteiger partial charge in [0.2, 0.25) is 6.29 Å². The summed E-state index contributed by atoms with van der Waals surface area (Å²) in [7, 11) is -2.63. The summed E-state index contributed by atoms with van der Waals surface area (Å²) in [6.45, 7) is 5.67. The number of aromatic nitrogens is 3. The molecule has 4 aliphatic heterocycles. The zero-order valence-corrected chi connectivity index (χ0v) is 27.5. The number of benzene rings is 2. The summed E-state index contributed by atoms with van der Waals surface area (Å²) < 4.78 is 49.0. The summed E-state index contributed by atoms with van der Waals surface area (Å²) in [6, 6.07) is 14.8. The van der Waals surface area contributed by atoms with Crippen molar-refractivity contribution < 1.29 is 31.4 Å². The number of carbonyl (C=O) groups excluding carboxylic acids is 1. The minimum absolute atomic E-state index is 0.0345. The Morgan fingerprint density at radius 3 is 2.25 bits per heavy atom. The Kier molecular flexibility index (Phi) is 9.27. The van der Waals surface area contributed by atoms with Crippen LogP contribution < -0.4 is 20.1 Å². The van der Waals surface area contributed by atoms with Crippen molar-refractivity contribution in [3.05, 3.63) is 54.9 Å². The molecule has 4 fully saturated rings. The molecule has 0 aliphatic carbocycles. The molecule has 0 spiro atoms. The number of nitrogens with zero attached hydrogens (tertiary/aromatic N) is 7. The highest BCUT2D eigenvalue weighted by atomic mass is 32.3. The Morgan fingerprint density at radius 2 is 1.60 bits per heavy atom. The van der Waals surface area contributed by atoms with E-state index in [-0.39, 0.29) is 35.9 Å². The number of carbonyl (C=O) groups is 1. The van der Waals surface area contributed by atoms with Crippen LogP contribution in [-0.2, 0) is 24.1 Å². The molecule has 3 aromatic rings. The van der Waals surface area contributed by atoms with Gasteiger partial charge in [0.25, 0.3) is 0 Å². The first kappa shape index (κ1) is 32.7. The van der Waals surface area contributed by atoms with Gasteiger partial charge in [-0.1, -0.05) is 0 Å². The Morgan fingerprint density at radius 1 is 0.958 bits per heavy atom. The maximum atomic E-state index is 12.8. The van der Waals surface area contributed by atoms with Crippen molar-refractivity contribution in [3.8, 4) is 11.4 Å². The zero-order chi connectivity index (χ0) is 33.3. The van der Waals surface area contributed by atoms with Gasteiger partial charge in [0, 0.05) is 48.8 Å². The largest absolute Gasteiger partial charge is 0.400 e. The second-order valence-electron chi connectivity index (χ2n) is 12.6. The van der Waals surface area contributed by atoms with Gasteiger partial charge in [0.15, 0.2) is 12.4 Å². The van der Waals surface area contributed by atoms with Gasteiger partial charge in [-0.15, -0.1) is 5.01 Å². The van der Waals surface area contributed by atoms with Crippen molar-refractivity contribution >= 4 is 39.4 Å². The van der Waals surface area contributed by atoms with Gasteiger partial charge in [-0.25, -0.2) is 14.0 Å². The van der Waals surface area contributed by atoms with Crippen molar-refractivity contribution in [1.29, 1.82) is 0 Å². The van der Waals surface area contributed by atoms with E-state index in [1.54, 1.807) is 12.1 Å². The number of piperazine rings is 1. The fourth-order valence-electron chi connectivity index (χ4n) is 7.09. The summed E-state index contributed by atoms with van der Waals surface area (Å²) >= 11 is 0. The lowest BCUT2D eigenvalue weighted by atomic mass is 10.2. The van der Waals surface area contributed by atoms with Crippen molar-refractivity contribution in [1.82, 2.24) is 29.5 Å². The molecule has 256 valence electrons. The van der Waals surface area contributed by atoms with E-state index < -0.39 is 16.7 Å². The number of ether oxygens (including phenoxy) is 2. The minimum Gasteiger partial charge on any atom is -0.378 e. The monoisotopic (exact) mass is 682 g/mol. The summed E-state index contributed by atoms with van der Waals surface area (Å²) in [6.07, 6.45) is 2.03. The number of likely N-dealkylation sites (N-methyl/N-ethyl adjacent to an activating group) is 1. The van der Waals surface area contributed by atoms with Gasteiger partial charge in [-0.05, 0) is 68.4 Å². The number of rotatable bonds is 8. The lowest BCUT2D eigenvalue weighted by Crippen LogP contribution is -2.74. The molecular formula is C31H40N9O7S+. The molecule has 1 aromatic heterocycles. The molecule has 0 radical (unpaired) electrons. The van der Waals surface area contributed by atoms with Crippen LogP contribution in [0.5, 0.6) is 0 Å². The SMILES string of the molecule is CN1CCN(c2ccc(NC(=O)Nc3ccc(-c4ncnc([N+]5(N6C7CCC6COC7)CCOC(OS(=O)(=O)O)C5)n4)cc3)cc2)CC1. The Labute approximate surface area is 279 Å². The number of fused-ring (bicyclic) bond motifs is 2. The third-order valence-corrected chi connectivity index (χ3v) is 9.87. The highest BCUT2D eigenvalue weighted by molar-refractivity contribution is 7.80. The molecule has 4 saturated heterocycles. The first-order valence-electron chi connectivity index (χ1n) is 16.1. The fraction of sp³-hybridized carbons (Fsp3) is 0.484. The predicted octanol–water partition coefficient (Wildman–Crippen LogP) is 2.20. The van der Waals surface area contributed by atoms with E-state index in [4.69, 9.17) is 18.6 Å². The zero-order valence-electron chi connectivity index (χ0n) is 26.6. The third-order valence-electron chi connectivity index (χ3n) is 9.41. The summed E-state index contributed by atoms with van der Waals surface area (Å²) in [5.74, 6) is 0.819. The fourth-order valence-corrected chi connectivity index (χ4v) is 7.48. The van der Waals surface area contributed by atoms with Gasteiger partial charge >= 0.3 is 22.4 Å². The highest BCUT2D eigenvalue weighted by Gasteiger charge is 2.56. The van der Waals surface area contributed by atoms with Crippen LogP contribution in [0.3, 0.4) is 0 Å². The average molecular weight is 683 g/mol. The third kappa shape index (κ3) is 7.13. The van der Waals surface area contributed by atoms with Crippen molar-refractivity contribution in [3.63, 3.8) is 0 Å². The van der Waals surface area contributed by atoms with Crippen molar-refractivity contribution in [2.45, 2.75) is 31.2 Å². The van der Waals surface area contributed by atoms with E-state index in [9.17, 15) is 17.8 Å². The van der Waals surface area contributed by atoms with Crippen LogP contribution in [0, 0.1) is 0 Å². The van der Waals surface area contributed by atoms with Gasteiger partial charge in [-0.2, -0.15) is 23.0 Å². The number of morpholine rings is 2. The highest BCUT2D eigenvalue weighted by Crippen LogP contribution is 2.39. The topological polar surface area (TPSA) is 172 Å². The maximum absolute atomic E-state index is 12.8. The summed E-state index contributed by atoms with van der Waals surface area (Å²) in [5.41, 5.74) is 3.12. The predicted molar refractivity (Wildman–Crippen MR) is 177 cm³/mol. The second kappa shape index (κ2) is 13.6. The standard InChI is InChI=1S/C31H39N9O7S/c1-37-12-14-38(15-13-37)25-8-6-24(7-9-25)35-31(41)34-23-4-2-22(3-5-23)29-32-21-33-30(36-29)40(39-26-10-11-27(39)20-45-19-26)16-17-46-28(18-40)47-48(42,43)44/h2-9,21,26-28H,10-20H2,1H3,(H2-,32,33,34,35,36,41,42,43,44)/p+1. The minimum atomic E-state index is -4.76. The van der Waals surface area contributed by atoms with Crippen LogP contribution in [0.1, 0.15) is 12.8 Å². The second-order valence-corrected chi connectivity index (χ2v) is 13.6. The molecule has 4 aliphatic rings. The van der Waals surface area contributed by atoms with E-state index in [1.807, 2.05) is 36.4 Å². The first-order valence-corrected chi connectivity index (χ1v) is 17.4. The normalized spacial score (nSPS) is 26.7. The molecule has 3 N–H and O–H groups in total. The molecule has 2 amide bonds. The van der Waals surface area contributed by atoms with Crippen LogP contribution in [0.25, 0.3) is 11.4 Å². The number of amides is 2. The van der Waals surface area contributed by atoms with E-state index in [1.165, 1.54) is 6.33 Å². The lowest BCUT2D eigenvalue weighted by molar-refractivity contribution is -0.210. The first-order chi connectivity index (χ1) is 23.1. The van der Waals surface area contributed by atoms with Gasteiger partial charge in [0.05, 0.1) is 25.3 Å². The van der Waals surface area contributed by atoms with E-state index in [0.717, 1.165) is 44.7 Å². The molecule has 2 aromatic carbocycles. The molecule has 48 heavy (non-hydrogen) atoms. The Balaban J connectivity index is 1.05. The van der Waals surface area contributed by atoms with Gasteiger partial charge in [0.1, 0.15) is 19.5 Å². The van der Waals surface area contributed by atoms with Gasteiger partial charge < -0.3 is 29.9 Å². The van der Waals surface area contributed by atoms with E-state index in [0.29, 0.717) is 48.5 Å². The number of anilines is 3. The molecule has 5 heterocycles. The van der Waals surface area contributed by atoms with Crippen LogP contribution in [-0.4, -0.2) is 128 Å². The molecule has 0 saturated carbocycles. The quantitative estimate of drug-likeness (QED) is 0.234. The summed E-state index contributed by atoms with van der Waals surface area (Å²) in [4.78, 5) is 31.3. The maximum Gasteiger partial charge on any atom is 0.400 e. The number of urea groups is 1. The molecule has 4 unspecified atom stereocenters.